The Morgan fingerprint density at radius 2 is 2.06 bits per heavy atom. The van der Waals surface area contributed by atoms with Crippen molar-refractivity contribution in [1.29, 1.82) is 0 Å². The van der Waals surface area contributed by atoms with E-state index in [-0.39, 0.29) is 6.04 Å². The van der Waals surface area contributed by atoms with Crippen LogP contribution in [0.1, 0.15) is 13.8 Å². The normalized spacial score (nSPS) is 24.5. The Hall–Kier alpha value is -0.660. The lowest BCUT2D eigenvalue weighted by molar-refractivity contribution is -0.134. The molecule has 1 N–H and O–H groups in total. The van der Waals surface area contributed by atoms with Gasteiger partial charge in [-0.05, 0) is 13.5 Å². The van der Waals surface area contributed by atoms with Gasteiger partial charge in [-0.25, -0.2) is 8.42 Å². The van der Waals surface area contributed by atoms with Gasteiger partial charge in [-0.15, -0.1) is 0 Å². The molecule has 1 fully saturated rings. The zero-order valence-electron chi connectivity index (χ0n) is 9.59. The minimum Gasteiger partial charge on any atom is -0.480 e. The van der Waals surface area contributed by atoms with Gasteiger partial charge in [0.1, 0.15) is 0 Å². The maximum atomic E-state index is 11.7. The summed E-state index contributed by atoms with van der Waals surface area (Å²) in [7, 11) is -3.64. The number of nitrogens with zero attached hydrogens (tertiary/aromatic N) is 2. The minimum atomic E-state index is -3.64. The molecule has 94 valence electrons. The molecule has 0 spiro atoms. The minimum absolute atomic E-state index is 0.141. The predicted molar refractivity (Wildman–Crippen MR) is 59.7 cm³/mol. The Kier molecular flexibility index (Phi) is 4.28. The Morgan fingerprint density at radius 3 is 2.50 bits per heavy atom. The van der Waals surface area contributed by atoms with E-state index in [2.05, 4.69) is 4.90 Å². The number of hydrogen-bond donors (Lipinski definition) is 1. The lowest BCUT2D eigenvalue weighted by atomic mass is 10.2. The number of carbonyl (C=O) groups is 1. The van der Waals surface area contributed by atoms with E-state index in [0.717, 1.165) is 6.54 Å². The van der Waals surface area contributed by atoms with Crippen molar-refractivity contribution in [3.8, 4) is 0 Å². The summed E-state index contributed by atoms with van der Waals surface area (Å²) in [5.74, 6) is -2.11. The van der Waals surface area contributed by atoms with Crippen LogP contribution in [0.2, 0.25) is 0 Å². The first-order valence-electron chi connectivity index (χ1n) is 5.30. The van der Waals surface area contributed by atoms with E-state index in [1.54, 1.807) is 0 Å². The molecule has 1 aliphatic rings. The lowest BCUT2D eigenvalue weighted by Gasteiger charge is -2.38. The second kappa shape index (κ2) is 5.11. The Morgan fingerprint density at radius 1 is 1.44 bits per heavy atom. The third-order valence-electron chi connectivity index (χ3n) is 2.83. The van der Waals surface area contributed by atoms with E-state index in [1.165, 1.54) is 4.31 Å². The summed E-state index contributed by atoms with van der Waals surface area (Å²) in [4.78, 5) is 12.6. The zero-order chi connectivity index (χ0) is 12.3. The van der Waals surface area contributed by atoms with E-state index in [1.807, 2.05) is 13.8 Å². The van der Waals surface area contributed by atoms with Crippen LogP contribution < -0.4 is 0 Å². The third kappa shape index (κ3) is 3.16. The summed E-state index contributed by atoms with van der Waals surface area (Å²) < 4.78 is 24.6. The molecule has 1 saturated heterocycles. The molecule has 1 atom stereocenters. The van der Waals surface area contributed by atoms with Gasteiger partial charge in [-0.3, -0.25) is 9.69 Å². The van der Waals surface area contributed by atoms with Gasteiger partial charge in [0, 0.05) is 25.7 Å². The maximum absolute atomic E-state index is 11.7. The molecule has 1 rings (SSSR count). The fourth-order valence-corrected chi connectivity index (χ4v) is 3.23. The molecule has 0 aliphatic carbocycles. The van der Waals surface area contributed by atoms with Gasteiger partial charge in [0.2, 0.25) is 10.0 Å². The van der Waals surface area contributed by atoms with E-state index < -0.39 is 21.7 Å². The average Bonchev–Trinajstić information content (AvgIpc) is 2.15. The van der Waals surface area contributed by atoms with Crippen molar-refractivity contribution in [2.75, 3.05) is 31.9 Å². The van der Waals surface area contributed by atoms with Crippen molar-refractivity contribution in [3.63, 3.8) is 0 Å². The number of aliphatic carboxylic acids is 1. The van der Waals surface area contributed by atoms with Gasteiger partial charge in [-0.1, -0.05) is 6.92 Å². The summed E-state index contributed by atoms with van der Waals surface area (Å²) in [6.07, 6.45) is 0. The fraction of sp³-hybridized carbons (Fsp3) is 0.889. The molecule has 0 aromatic rings. The molecule has 16 heavy (non-hydrogen) atoms. The molecule has 0 saturated carbocycles. The van der Waals surface area contributed by atoms with Crippen LogP contribution in [-0.4, -0.2) is 66.7 Å². The zero-order valence-corrected chi connectivity index (χ0v) is 10.4. The first kappa shape index (κ1) is 13.4. The van der Waals surface area contributed by atoms with Crippen molar-refractivity contribution in [1.82, 2.24) is 9.21 Å². The highest BCUT2D eigenvalue weighted by atomic mass is 32.2. The Bertz CT molecular complexity index is 355. The molecular weight excluding hydrogens is 232 g/mol. The van der Waals surface area contributed by atoms with E-state index in [9.17, 15) is 13.2 Å². The summed E-state index contributed by atoms with van der Waals surface area (Å²) in [5, 5.41) is 8.53. The number of hydrogen-bond acceptors (Lipinski definition) is 4. The molecule has 0 radical (unpaired) electrons. The van der Waals surface area contributed by atoms with Gasteiger partial charge in [0.05, 0.1) is 0 Å². The van der Waals surface area contributed by atoms with Crippen LogP contribution in [0.25, 0.3) is 0 Å². The van der Waals surface area contributed by atoms with Gasteiger partial charge in [0.15, 0.2) is 5.75 Å². The highest BCUT2D eigenvalue weighted by Gasteiger charge is 2.31. The van der Waals surface area contributed by atoms with Crippen LogP contribution in [-0.2, 0) is 14.8 Å². The van der Waals surface area contributed by atoms with E-state index >= 15 is 0 Å². The molecule has 1 unspecified atom stereocenters. The largest absolute Gasteiger partial charge is 0.480 e. The van der Waals surface area contributed by atoms with Crippen molar-refractivity contribution < 1.29 is 18.3 Å². The quantitative estimate of drug-likeness (QED) is 0.722. The number of sulfonamides is 1. The van der Waals surface area contributed by atoms with Crippen molar-refractivity contribution in [3.05, 3.63) is 0 Å². The fourth-order valence-electron chi connectivity index (χ4n) is 1.93. The predicted octanol–water partition coefficient (Wildman–Crippen LogP) is -0.573. The molecule has 1 aliphatic heterocycles. The van der Waals surface area contributed by atoms with Crippen LogP contribution in [0.15, 0.2) is 0 Å². The van der Waals surface area contributed by atoms with Crippen molar-refractivity contribution in [2.45, 2.75) is 19.9 Å². The smallest absolute Gasteiger partial charge is 0.320 e. The summed E-state index contributed by atoms with van der Waals surface area (Å²) in [6.45, 7) is 6.28. The Labute approximate surface area is 95.9 Å². The van der Waals surface area contributed by atoms with Crippen molar-refractivity contribution >= 4 is 16.0 Å². The van der Waals surface area contributed by atoms with Crippen LogP contribution in [0.5, 0.6) is 0 Å². The Balaban J connectivity index is 2.67. The molecule has 7 heteroatoms. The van der Waals surface area contributed by atoms with E-state index in [4.69, 9.17) is 5.11 Å². The molecule has 0 bridgehead atoms. The molecule has 0 amide bonds. The van der Waals surface area contributed by atoms with Crippen LogP contribution in [0, 0.1) is 0 Å². The lowest BCUT2D eigenvalue weighted by Crippen LogP contribution is -2.54. The van der Waals surface area contributed by atoms with Gasteiger partial charge >= 0.3 is 5.97 Å². The standard InChI is InChI=1S/C9H18N2O4S/c1-3-10-4-5-11(6-8(10)2)16(14,15)7-9(12)13/h8H,3-7H2,1-2H3,(H,12,13). The van der Waals surface area contributed by atoms with Gasteiger partial charge < -0.3 is 5.11 Å². The molecule has 0 aromatic carbocycles. The van der Waals surface area contributed by atoms with Crippen LogP contribution in [0.4, 0.5) is 0 Å². The highest BCUT2D eigenvalue weighted by molar-refractivity contribution is 7.89. The molecular formula is C9H18N2O4S. The second-order valence-electron chi connectivity index (χ2n) is 3.99. The number of rotatable bonds is 4. The average molecular weight is 250 g/mol. The topological polar surface area (TPSA) is 77.9 Å². The van der Waals surface area contributed by atoms with Crippen LogP contribution >= 0.6 is 0 Å². The SMILES string of the molecule is CCN1CCN(S(=O)(=O)CC(=O)O)CC1C. The summed E-state index contributed by atoms with van der Waals surface area (Å²) in [6, 6.07) is 0.141. The first-order valence-corrected chi connectivity index (χ1v) is 6.91. The maximum Gasteiger partial charge on any atom is 0.320 e. The second-order valence-corrected chi connectivity index (χ2v) is 5.95. The molecule has 1 heterocycles. The number of carboxylic acids is 1. The molecule has 0 aromatic heterocycles. The number of likely N-dealkylation sites (N-methyl/N-ethyl adjacent to an activating group) is 1. The third-order valence-corrected chi connectivity index (χ3v) is 4.56. The summed E-state index contributed by atoms with van der Waals surface area (Å²) >= 11 is 0. The van der Waals surface area contributed by atoms with Gasteiger partial charge in [0.25, 0.3) is 0 Å². The summed E-state index contributed by atoms with van der Waals surface area (Å²) in [5.41, 5.74) is 0. The number of carboxylic acid groups (broad SMARTS) is 1. The van der Waals surface area contributed by atoms with E-state index in [0.29, 0.717) is 19.6 Å². The monoisotopic (exact) mass is 250 g/mol. The number of piperazine rings is 1. The van der Waals surface area contributed by atoms with Gasteiger partial charge in [-0.2, -0.15) is 4.31 Å². The van der Waals surface area contributed by atoms with Crippen LogP contribution in [0.3, 0.4) is 0 Å². The first-order chi connectivity index (χ1) is 7.36. The molecule has 6 nitrogen and oxygen atoms in total. The van der Waals surface area contributed by atoms with Crippen molar-refractivity contribution in [2.24, 2.45) is 0 Å². The highest BCUT2D eigenvalue weighted by Crippen LogP contribution is 2.13.